The molecule has 0 fully saturated rings. The number of pyridine rings is 1. The first-order valence-electron chi connectivity index (χ1n) is 5.06. The molecule has 1 aliphatic heterocycles. The standard InChI is InChI=1S/C11H12N2O3/c1-2-15-11(14)9-10(16-7-13-9)8-4-3-5-12-6-8/h3-7,9-10H,2H2,1H3/t9-,10-/m1/s1. The minimum atomic E-state index is -0.621. The Hall–Kier alpha value is -1.91. The number of carbonyl (C=O) groups excluding carboxylic acids is 1. The first kappa shape index (κ1) is 10.6. The first-order valence-corrected chi connectivity index (χ1v) is 5.06. The third-order valence-electron chi connectivity index (χ3n) is 2.26. The summed E-state index contributed by atoms with van der Waals surface area (Å²) < 4.78 is 10.2. The largest absolute Gasteiger partial charge is 0.473 e. The van der Waals surface area contributed by atoms with Crippen LogP contribution in [0.4, 0.5) is 0 Å². The van der Waals surface area contributed by atoms with Crippen LogP contribution in [0.3, 0.4) is 0 Å². The van der Waals surface area contributed by atoms with Gasteiger partial charge in [-0.2, -0.15) is 0 Å². The zero-order valence-corrected chi connectivity index (χ0v) is 8.87. The van der Waals surface area contributed by atoms with E-state index in [1.54, 1.807) is 25.4 Å². The van der Waals surface area contributed by atoms with E-state index in [0.717, 1.165) is 5.56 Å². The van der Waals surface area contributed by atoms with Gasteiger partial charge in [0.25, 0.3) is 0 Å². The van der Waals surface area contributed by atoms with Gasteiger partial charge in [-0.25, -0.2) is 9.79 Å². The van der Waals surface area contributed by atoms with Crippen molar-refractivity contribution in [3.63, 3.8) is 0 Å². The molecule has 0 aromatic carbocycles. The van der Waals surface area contributed by atoms with Crippen LogP contribution in [0.5, 0.6) is 0 Å². The lowest BCUT2D eigenvalue weighted by atomic mass is 10.1. The van der Waals surface area contributed by atoms with Crippen molar-refractivity contribution in [2.24, 2.45) is 4.99 Å². The van der Waals surface area contributed by atoms with Gasteiger partial charge in [0.2, 0.25) is 0 Å². The van der Waals surface area contributed by atoms with Crippen molar-refractivity contribution in [3.8, 4) is 0 Å². The molecule has 0 saturated heterocycles. The number of aliphatic imine (C=N–C) groups is 1. The summed E-state index contributed by atoms with van der Waals surface area (Å²) in [6, 6.07) is 3.02. The van der Waals surface area contributed by atoms with Gasteiger partial charge in [0, 0.05) is 18.0 Å². The molecule has 16 heavy (non-hydrogen) atoms. The molecule has 2 atom stereocenters. The lowest BCUT2D eigenvalue weighted by molar-refractivity contribution is -0.146. The summed E-state index contributed by atoms with van der Waals surface area (Å²) in [6.07, 6.45) is 4.19. The summed E-state index contributed by atoms with van der Waals surface area (Å²) in [6.45, 7) is 2.10. The molecule has 5 heteroatoms. The zero-order valence-electron chi connectivity index (χ0n) is 8.87. The number of hydrogen-bond acceptors (Lipinski definition) is 5. The quantitative estimate of drug-likeness (QED) is 0.716. The van der Waals surface area contributed by atoms with Gasteiger partial charge in [-0.1, -0.05) is 6.07 Å². The minimum Gasteiger partial charge on any atom is -0.473 e. The van der Waals surface area contributed by atoms with E-state index in [9.17, 15) is 4.79 Å². The fraction of sp³-hybridized carbons (Fsp3) is 0.364. The maximum absolute atomic E-state index is 11.6. The first-order chi connectivity index (χ1) is 7.83. The van der Waals surface area contributed by atoms with E-state index in [4.69, 9.17) is 9.47 Å². The van der Waals surface area contributed by atoms with Crippen molar-refractivity contribution in [1.82, 2.24) is 4.98 Å². The van der Waals surface area contributed by atoms with Crippen molar-refractivity contribution in [2.45, 2.75) is 19.1 Å². The van der Waals surface area contributed by atoms with Crippen LogP contribution in [0, 0.1) is 0 Å². The van der Waals surface area contributed by atoms with Gasteiger partial charge in [-0.05, 0) is 13.0 Å². The number of hydrogen-bond donors (Lipinski definition) is 0. The van der Waals surface area contributed by atoms with Gasteiger partial charge in [0.15, 0.2) is 18.5 Å². The Morgan fingerprint density at radius 2 is 2.50 bits per heavy atom. The fourth-order valence-corrected chi connectivity index (χ4v) is 1.54. The summed E-state index contributed by atoms with van der Waals surface area (Å²) in [5.41, 5.74) is 0.818. The van der Waals surface area contributed by atoms with Gasteiger partial charge >= 0.3 is 5.97 Å². The molecule has 1 aromatic heterocycles. The Bertz CT molecular complexity index is 391. The molecule has 84 valence electrons. The van der Waals surface area contributed by atoms with Gasteiger partial charge < -0.3 is 9.47 Å². The molecule has 0 amide bonds. The maximum atomic E-state index is 11.6. The SMILES string of the molecule is CCOC(=O)[C@@H]1N=CO[C@@H]1c1cccnc1. The van der Waals surface area contributed by atoms with Crippen LogP contribution in [0.2, 0.25) is 0 Å². The Balaban J connectivity index is 2.14. The zero-order chi connectivity index (χ0) is 11.4. The van der Waals surface area contributed by atoms with Gasteiger partial charge in [-0.3, -0.25) is 4.98 Å². The molecule has 0 radical (unpaired) electrons. The topological polar surface area (TPSA) is 60.8 Å². The van der Waals surface area contributed by atoms with Gasteiger partial charge in [0.1, 0.15) is 0 Å². The molecule has 0 aliphatic carbocycles. The fourth-order valence-electron chi connectivity index (χ4n) is 1.54. The average Bonchev–Trinajstić information content (AvgIpc) is 2.79. The maximum Gasteiger partial charge on any atom is 0.335 e. The average molecular weight is 220 g/mol. The lowest BCUT2D eigenvalue weighted by Gasteiger charge is -2.15. The number of ether oxygens (including phenoxy) is 2. The highest BCUT2D eigenvalue weighted by molar-refractivity contribution is 5.80. The highest BCUT2D eigenvalue weighted by Gasteiger charge is 2.35. The van der Waals surface area contributed by atoms with Crippen molar-refractivity contribution in [1.29, 1.82) is 0 Å². The Labute approximate surface area is 93.1 Å². The predicted molar refractivity (Wildman–Crippen MR) is 57.0 cm³/mol. The molecule has 1 aliphatic rings. The third kappa shape index (κ3) is 2.03. The smallest absolute Gasteiger partial charge is 0.335 e. The molecule has 5 nitrogen and oxygen atoms in total. The normalized spacial score (nSPS) is 22.8. The highest BCUT2D eigenvalue weighted by Crippen LogP contribution is 2.26. The molecule has 0 N–H and O–H groups in total. The van der Waals surface area contributed by atoms with Crippen molar-refractivity contribution < 1.29 is 14.3 Å². The number of esters is 1. The van der Waals surface area contributed by atoms with E-state index in [1.807, 2.05) is 6.07 Å². The van der Waals surface area contributed by atoms with Gasteiger partial charge in [0.05, 0.1) is 6.61 Å². The number of nitrogens with zero attached hydrogens (tertiary/aromatic N) is 2. The van der Waals surface area contributed by atoms with Crippen LogP contribution in [0.15, 0.2) is 29.5 Å². The van der Waals surface area contributed by atoms with E-state index in [-0.39, 0.29) is 5.97 Å². The van der Waals surface area contributed by atoms with E-state index in [2.05, 4.69) is 9.98 Å². The summed E-state index contributed by atoms with van der Waals surface area (Å²) in [5, 5.41) is 0. The Morgan fingerprint density at radius 1 is 1.62 bits per heavy atom. The number of rotatable bonds is 3. The highest BCUT2D eigenvalue weighted by atomic mass is 16.5. The summed E-state index contributed by atoms with van der Waals surface area (Å²) >= 11 is 0. The van der Waals surface area contributed by atoms with Gasteiger partial charge in [-0.15, -0.1) is 0 Å². The summed E-state index contributed by atoms with van der Waals surface area (Å²) in [4.78, 5) is 19.5. The summed E-state index contributed by atoms with van der Waals surface area (Å²) in [5.74, 6) is -0.370. The molecule has 0 saturated carbocycles. The van der Waals surface area contributed by atoms with Crippen LogP contribution in [-0.2, 0) is 14.3 Å². The Kier molecular flexibility index (Phi) is 3.14. The van der Waals surface area contributed by atoms with E-state index in [1.165, 1.54) is 6.40 Å². The van der Waals surface area contributed by atoms with Crippen LogP contribution in [-0.4, -0.2) is 30.0 Å². The molecule has 2 rings (SSSR count). The van der Waals surface area contributed by atoms with Crippen LogP contribution in [0.1, 0.15) is 18.6 Å². The van der Waals surface area contributed by atoms with Crippen LogP contribution >= 0.6 is 0 Å². The molecule has 0 unspecified atom stereocenters. The van der Waals surface area contributed by atoms with Crippen molar-refractivity contribution in [2.75, 3.05) is 6.61 Å². The number of aromatic nitrogens is 1. The van der Waals surface area contributed by atoms with Crippen LogP contribution in [0.25, 0.3) is 0 Å². The van der Waals surface area contributed by atoms with E-state index < -0.39 is 12.1 Å². The monoisotopic (exact) mass is 220 g/mol. The van der Waals surface area contributed by atoms with E-state index in [0.29, 0.717) is 6.61 Å². The lowest BCUT2D eigenvalue weighted by Crippen LogP contribution is -2.26. The Morgan fingerprint density at radius 3 is 3.19 bits per heavy atom. The minimum absolute atomic E-state index is 0.338. The second kappa shape index (κ2) is 4.74. The van der Waals surface area contributed by atoms with E-state index >= 15 is 0 Å². The molecule has 0 bridgehead atoms. The predicted octanol–water partition coefficient (Wildman–Crippen LogP) is 1.11. The van der Waals surface area contributed by atoms with Crippen molar-refractivity contribution in [3.05, 3.63) is 30.1 Å². The molecule has 1 aromatic rings. The van der Waals surface area contributed by atoms with Crippen LogP contribution < -0.4 is 0 Å². The molecular weight excluding hydrogens is 208 g/mol. The van der Waals surface area contributed by atoms with Crippen molar-refractivity contribution >= 4 is 12.4 Å². The molecule has 0 spiro atoms. The second-order valence-corrected chi connectivity index (χ2v) is 3.29. The second-order valence-electron chi connectivity index (χ2n) is 3.29. The summed E-state index contributed by atoms with van der Waals surface area (Å²) in [7, 11) is 0. The third-order valence-corrected chi connectivity index (χ3v) is 2.26. The number of carbonyl (C=O) groups is 1. The molecular formula is C11H12N2O3. The molecule has 2 heterocycles.